The first kappa shape index (κ1) is 29.5. The van der Waals surface area contributed by atoms with Crippen molar-refractivity contribution in [2.75, 3.05) is 11.9 Å². The molecule has 200 valence electrons. The summed E-state index contributed by atoms with van der Waals surface area (Å²) in [6.45, 7) is 11.7. The summed E-state index contributed by atoms with van der Waals surface area (Å²) in [5.74, 6) is 0.747. The SMILES string of the molecule is CCCCCCCCCCCCCCOc1ccccc1NC(=O)NC1CC(C)(C)NC(C)(C)C1. The van der Waals surface area contributed by atoms with E-state index in [4.69, 9.17) is 4.74 Å². The minimum Gasteiger partial charge on any atom is -0.491 e. The second-order valence-corrected chi connectivity index (χ2v) is 11.8. The summed E-state index contributed by atoms with van der Waals surface area (Å²) in [7, 11) is 0. The van der Waals surface area contributed by atoms with Crippen LogP contribution in [0.3, 0.4) is 0 Å². The number of rotatable bonds is 16. The Morgan fingerprint density at radius 2 is 1.37 bits per heavy atom. The molecule has 5 nitrogen and oxygen atoms in total. The van der Waals surface area contributed by atoms with Gasteiger partial charge in [-0.15, -0.1) is 0 Å². The van der Waals surface area contributed by atoms with E-state index in [0.717, 1.165) is 30.7 Å². The molecule has 0 aromatic heterocycles. The third-order valence-corrected chi connectivity index (χ3v) is 6.92. The Bertz CT molecular complexity index is 716. The van der Waals surface area contributed by atoms with E-state index in [1.807, 2.05) is 24.3 Å². The fourth-order valence-corrected chi connectivity index (χ4v) is 5.59. The lowest BCUT2D eigenvalue weighted by atomic mass is 9.80. The Hall–Kier alpha value is -1.75. The Kier molecular flexibility index (Phi) is 13.0. The molecule has 5 heteroatoms. The molecule has 2 rings (SSSR count). The number of nitrogens with one attached hydrogen (secondary N) is 3. The van der Waals surface area contributed by atoms with Gasteiger partial charge in [0.05, 0.1) is 12.3 Å². The van der Waals surface area contributed by atoms with Crippen LogP contribution in [0.25, 0.3) is 0 Å². The number of carbonyl (C=O) groups excluding carboxylic acids is 1. The minimum atomic E-state index is -0.162. The second kappa shape index (κ2) is 15.4. The maximum Gasteiger partial charge on any atom is 0.319 e. The topological polar surface area (TPSA) is 62.4 Å². The lowest BCUT2D eigenvalue weighted by Crippen LogP contribution is -2.62. The Labute approximate surface area is 215 Å². The summed E-state index contributed by atoms with van der Waals surface area (Å²) in [5.41, 5.74) is 0.723. The largest absolute Gasteiger partial charge is 0.491 e. The molecule has 1 heterocycles. The number of para-hydroxylation sites is 2. The van der Waals surface area contributed by atoms with E-state index in [2.05, 4.69) is 50.6 Å². The highest BCUT2D eigenvalue weighted by Crippen LogP contribution is 2.29. The second-order valence-electron chi connectivity index (χ2n) is 11.8. The number of carbonyl (C=O) groups is 1. The average Bonchev–Trinajstić information content (AvgIpc) is 2.75. The molecule has 0 unspecified atom stereocenters. The first-order valence-corrected chi connectivity index (χ1v) is 14.3. The first-order chi connectivity index (χ1) is 16.7. The summed E-state index contributed by atoms with van der Waals surface area (Å²) in [6, 6.07) is 7.71. The van der Waals surface area contributed by atoms with Crippen LogP contribution in [0.15, 0.2) is 24.3 Å². The summed E-state index contributed by atoms with van der Waals surface area (Å²) >= 11 is 0. The van der Waals surface area contributed by atoms with Gasteiger partial charge in [-0.3, -0.25) is 0 Å². The molecule has 1 aromatic rings. The molecule has 1 aromatic carbocycles. The molecule has 0 aliphatic carbocycles. The molecule has 0 saturated carbocycles. The van der Waals surface area contributed by atoms with Crippen molar-refractivity contribution < 1.29 is 9.53 Å². The van der Waals surface area contributed by atoms with Crippen molar-refractivity contribution in [2.24, 2.45) is 0 Å². The zero-order valence-corrected chi connectivity index (χ0v) is 23.3. The summed E-state index contributed by atoms with van der Waals surface area (Å²) in [5, 5.41) is 9.85. The minimum absolute atomic E-state index is 0.00500. The molecule has 0 atom stereocenters. The zero-order chi connectivity index (χ0) is 25.6. The molecular formula is C30H53N3O2. The number of hydrogen-bond acceptors (Lipinski definition) is 3. The van der Waals surface area contributed by atoms with E-state index in [1.54, 1.807) is 0 Å². The van der Waals surface area contributed by atoms with Crippen molar-refractivity contribution in [3.05, 3.63) is 24.3 Å². The van der Waals surface area contributed by atoms with Crippen LogP contribution in [0, 0.1) is 0 Å². The molecule has 2 amide bonds. The van der Waals surface area contributed by atoms with Crippen molar-refractivity contribution in [3.63, 3.8) is 0 Å². The maximum atomic E-state index is 12.7. The number of hydrogen-bond donors (Lipinski definition) is 3. The van der Waals surface area contributed by atoms with E-state index < -0.39 is 0 Å². The fraction of sp³-hybridized carbons (Fsp3) is 0.767. The number of amides is 2. The molecule has 35 heavy (non-hydrogen) atoms. The van der Waals surface area contributed by atoms with E-state index >= 15 is 0 Å². The first-order valence-electron chi connectivity index (χ1n) is 14.3. The van der Waals surface area contributed by atoms with Crippen LogP contribution in [-0.2, 0) is 0 Å². The molecule has 3 N–H and O–H groups in total. The van der Waals surface area contributed by atoms with Gasteiger partial charge in [-0.25, -0.2) is 4.79 Å². The highest BCUT2D eigenvalue weighted by atomic mass is 16.5. The highest BCUT2D eigenvalue weighted by Gasteiger charge is 2.38. The van der Waals surface area contributed by atoms with E-state index in [-0.39, 0.29) is 23.2 Å². The number of urea groups is 1. The van der Waals surface area contributed by atoms with Crippen LogP contribution in [0.2, 0.25) is 0 Å². The van der Waals surface area contributed by atoms with Gasteiger partial charge in [0.2, 0.25) is 0 Å². The molecule has 1 aliphatic heterocycles. The molecule has 0 bridgehead atoms. The molecular weight excluding hydrogens is 434 g/mol. The smallest absolute Gasteiger partial charge is 0.319 e. The number of benzene rings is 1. The van der Waals surface area contributed by atoms with Crippen LogP contribution in [-0.4, -0.2) is 29.8 Å². The van der Waals surface area contributed by atoms with Gasteiger partial charge in [0.25, 0.3) is 0 Å². The van der Waals surface area contributed by atoms with E-state index in [1.165, 1.54) is 70.6 Å². The van der Waals surface area contributed by atoms with Crippen molar-refractivity contribution in [1.82, 2.24) is 10.6 Å². The van der Waals surface area contributed by atoms with Gasteiger partial charge in [-0.2, -0.15) is 0 Å². The van der Waals surface area contributed by atoms with Crippen molar-refractivity contribution in [2.45, 2.75) is 142 Å². The fourth-order valence-electron chi connectivity index (χ4n) is 5.59. The zero-order valence-electron chi connectivity index (χ0n) is 23.3. The predicted molar refractivity (Wildman–Crippen MR) is 149 cm³/mol. The van der Waals surface area contributed by atoms with Crippen molar-refractivity contribution in [1.29, 1.82) is 0 Å². The highest BCUT2D eigenvalue weighted by molar-refractivity contribution is 5.91. The number of ether oxygens (including phenoxy) is 1. The standard InChI is InChI=1S/C30H53N3O2/c1-6-7-8-9-10-11-12-13-14-15-16-19-22-35-27-21-18-17-20-26(27)32-28(34)31-25-23-29(2,3)33-30(4,5)24-25/h17-18,20-21,25,33H,6-16,19,22-24H2,1-5H3,(H2,31,32,34). The predicted octanol–water partition coefficient (Wildman–Crippen LogP) is 8.20. The van der Waals surface area contributed by atoms with Crippen LogP contribution < -0.4 is 20.7 Å². The molecule has 1 aliphatic rings. The van der Waals surface area contributed by atoms with Crippen molar-refractivity contribution >= 4 is 11.7 Å². The summed E-state index contributed by atoms with van der Waals surface area (Å²) < 4.78 is 6.03. The summed E-state index contributed by atoms with van der Waals surface area (Å²) in [4.78, 5) is 12.7. The molecule has 0 spiro atoms. The number of anilines is 1. The molecule has 1 saturated heterocycles. The lowest BCUT2D eigenvalue weighted by molar-refractivity contribution is 0.149. The van der Waals surface area contributed by atoms with Crippen LogP contribution in [0.5, 0.6) is 5.75 Å². The van der Waals surface area contributed by atoms with Gasteiger partial charge in [0.1, 0.15) is 5.75 Å². The van der Waals surface area contributed by atoms with E-state index in [0.29, 0.717) is 6.61 Å². The van der Waals surface area contributed by atoms with Crippen LogP contribution in [0.1, 0.15) is 125 Å². The molecule has 1 fully saturated rings. The number of unbranched alkanes of at least 4 members (excludes halogenated alkanes) is 11. The third kappa shape index (κ3) is 12.7. The maximum absolute atomic E-state index is 12.7. The monoisotopic (exact) mass is 487 g/mol. The van der Waals surface area contributed by atoms with Crippen LogP contribution in [0.4, 0.5) is 10.5 Å². The Balaban J connectivity index is 1.62. The number of piperidine rings is 1. The average molecular weight is 488 g/mol. The summed E-state index contributed by atoms with van der Waals surface area (Å²) in [6.07, 6.45) is 17.8. The Morgan fingerprint density at radius 3 is 1.94 bits per heavy atom. The lowest BCUT2D eigenvalue weighted by Gasteiger charge is -2.46. The van der Waals surface area contributed by atoms with E-state index in [9.17, 15) is 4.79 Å². The quantitative estimate of drug-likeness (QED) is 0.206. The van der Waals surface area contributed by atoms with Gasteiger partial charge in [0, 0.05) is 17.1 Å². The molecule has 0 radical (unpaired) electrons. The van der Waals surface area contributed by atoms with Gasteiger partial charge in [-0.1, -0.05) is 89.7 Å². The third-order valence-electron chi connectivity index (χ3n) is 6.92. The van der Waals surface area contributed by atoms with Gasteiger partial charge in [-0.05, 0) is 59.1 Å². The van der Waals surface area contributed by atoms with Crippen molar-refractivity contribution in [3.8, 4) is 5.75 Å². The van der Waals surface area contributed by atoms with Crippen LogP contribution >= 0.6 is 0 Å². The Morgan fingerprint density at radius 1 is 0.857 bits per heavy atom. The van der Waals surface area contributed by atoms with Gasteiger partial charge >= 0.3 is 6.03 Å². The van der Waals surface area contributed by atoms with Gasteiger partial charge in [0.15, 0.2) is 0 Å². The normalized spacial score (nSPS) is 17.2. The van der Waals surface area contributed by atoms with Gasteiger partial charge < -0.3 is 20.7 Å².